The number of hydrogen-bond acceptors (Lipinski definition) is 2. The molecule has 0 bridgehead atoms. The molecule has 0 aliphatic heterocycles. The van der Waals surface area contributed by atoms with Gasteiger partial charge in [-0.25, -0.2) is 0 Å². The van der Waals surface area contributed by atoms with E-state index in [0.29, 0.717) is 0 Å². The molecule has 0 aromatic carbocycles. The van der Waals surface area contributed by atoms with Crippen molar-refractivity contribution in [2.45, 2.75) is 51.5 Å². The summed E-state index contributed by atoms with van der Waals surface area (Å²) in [5, 5.41) is 3.71. The van der Waals surface area contributed by atoms with Gasteiger partial charge in [-0.2, -0.15) is 0 Å². The predicted molar refractivity (Wildman–Crippen MR) is 77.1 cm³/mol. The maximum Gasteiger partial charge on any atom is 0.0931 e. The molecule has 0 spiro atoms. The molecule has 0 amide bonds. The van der Waals surface area contributed by atoms with Gasteiger partial charge in [0.05, 0.1) is 4.34 Å². The first-order valence-corrected chi connectivity index (χ1v) is 7.95. The van der Waals surface area contributed by atoms with Crippen LogP contribution in [0.4, 0.5) is 0 Å². The molecule has 3 heteroatoms. The Balaban J connectivity index is 1.68. The van der Waals surface area contributed by atoms with Gasteiger partial charge in [-0.1, -0.05) is 37.8 Å². The van der Waals surface area contributed by atoms with Gasteiger partial charge in [-0.3, -0.25) is 0 Å². The topological polar surface area (TPSA) is 12.0 Å². The molecule has 1 saturated carbocycles. The van der Waals surface area contributed by atoms with Crippen molar-refractivity contribution in [2.24, 2.45) is 5.92 Å². The van der Waals surface area contributed by atoms with Crippen LogP contribution in [0.25, 0.3) is 0 Å². The zero-order valence-corrected chi connectivity index (χ0v) is 12.1. The number of hydrogen-bond donors (Lipinski definition) is 1. The molecule has 2 atom stereocenters. The van der Waals surface area contributed by atoms with Crippen molar-refractivity contribution in [3.8, 4) is 0 Å². The van der Waals surface area contributed by atoms with E-state index in [1.165, 1.54) is 37.0 Å². The predicted octanol–water partition coefficient (Wildman–Crippen LogP) is 4.50. The maximum absolute atomic E-state index is 5.92. The van der Waals surface area contributed by atoms with Crippen molar-refractivity contribution in [2.75, 3.05) is 6.54 Å². The third-order valence-electron chi connectivity index (χ3n) is 3.79. The van der Waals surface area contributed by atoms with E-state index in [0.717, 1.165) is 29.3 Å². The minimum Gasteiger partial charge on any atom is -0.314 e. The third-order valence-corrected chi connectivity index (χ3v) is 5.08. The van der Waals surface area contributed by atoms with Gasteiger partial charge in [-0.15, -0.1) is 11.3 Å². The summed E-state index contributed by atoms with van der Waals surface area (Å²) in [6, 6.07) is 4.89. The van der Waals surface area contributed by atoms with E-state index in [1.807, 2.05) is 6.07 Å². The van der Waals surface area contributed by atoms with Gasteiger partial charge >= 0.3 is 0 Å². The fourth-order valence-electron chi connectivity index (χ4n) is 2.73. The Morgan fingerprint density at radius 2 is 2.29 bits per heavy atom. The van der Waals surface area contributed by atoms with Crippen LogP contribution in [-0.2, 0) is 6.42 Å². The highest BCUT2D eigenvalue weighted by Crippen LogP contribution is 2.26. The van der Waals surface area contributed by atoms with E-state index >= 15 is 0 Å². The lowest BCUT2D eigenvalue weighted by Gasteiger charge is -2.29. The van der Waals surface area contributed by atoms with Crippen LogP contribution in [0, 0.1) is 5.92 Å². The Morgan fingerprint density at radius 1 is 1.41 bits per heavy atom. The van der Waals surface area contributed by atoms with Crippen LogP contribution in [0.3, 0.4) is 0 Å². The van der Waals surface area contributed by atoms with Gasteiger partial charge in [0.1, 0.15) is 0 Å². The molecule has 1 heterocycles. The Kier molecular flexibility index (Phi) is 5.33. The lowest BCUT2D eigenvalue weighted by atomic mass is 9.84. The van der Waals surface area contributed by atoms with Crippen molar-refractivity contribution in [3.05, 3.63) is 21.3 Å². The quantitative estimate of drug-likeness (QED) is 0.831. The van der Waals surface area contributed by atoms with E-state index < -0.39 is 0 Å². The number of thiophene rings is 1. The third kappa shape index (κ3) is 4.27. The molecule has 0 radical (unpaired) electrons. The molecule has 2 rings (SSSR count). The first-order valence-electron chi connectivity index (χ1n) is 6.75. The van der Waals surface area contributed by atoms with Crippen LogP contribution in [0.1, 0.15) is 43.9 Å². The molecule has 2 unspecified atom stereocenters. The molecule has 1 fully saturated rings. The highest BCUT2D eigenvalue weighted by molar-refractivity contribution is 7.16. The summed E-state index contributed by atoms with van der Waals surface area (Å²) in [4.78, 5) is 1.39. The molecule has 1 aromatic heterocycles. The summed E-state index contributed by atoms with van der Waals surface area (Å²) in [6.07, 6.45) is 8.04. The molecular formula is C14H22ClNS. The van der Waals surface area contributed by atoms with Gasteiger partial charge < -0.3 is 5.32 Å². The van der Waals surface area contributed by atoms with Crippen molar-refractivity contribution in [3.63, 3.8) is 0 Å². The van der Waals surface area contributed by atoms with Crippen LogP contribution in [0.2, 0.25) is 4.34 Å². The Bertz CT molecular complexity index is 337. The summed E-state index contributed by atoms with van der Waals surface area (Å²) < 4.78 is 0.906. The average Bonchev–Trinajstić information content (AvgIpc) is 2.75. The highest BCUT2D eigenvalue weighted by atomic mass is 35.5. The number of nitrogens with one attached hydrogen (secondary N) is 1. The summed E-state index contributed by atoms with van der Waals surface area (Å²) >= 11 is 7.63. The molecule has 1 aliphatic rings. The zero-order chi connectivity index (χ0) is 12.1. The van der Waals surface area contributed by atoms with Crippen molar-refractivity contribution >= 4 is 22.9 Å². The van der Waals surface area contributed by atoms with E-state index in [1.54, 1.807) is 11.3 Å². The van der Waals surface area contributed by atoms with Gasteiger partial charge in [-0.05, 0) is 37.3 Å². The second kappa shape index (κ2) is 6.77. The summed E-state index contributed by atoms with van der Waals surface area (Å²) in [6.45, 7) is 3.42. The molecule has 17 heavy (non-hydrogen) atoms. The highest BCUT2D eigenvalue weighted by Gasteiger charge is 2.19. The van der Waals surface area contributed by atoms with Crippen molar-refractivity contribution in [1.29, 1.82) is 0 Å². The van der Waals surface area contributed by atoms with Gasteiger partial charge in [0.2, 0.25) is 0 Å². The zero-order valence-electron chi connectivity index (χ0n) is 10.5. The lowest BCUT2D eigenvalue weighted by Crippen LogP contribution is -2.35. The van der Waals surface area contributed by atoms with Crippen LogP contribution >= 0.6 is 22.9 Å². The second-order valence-corrected chi connectivity index (χ2v) is 6.85. The molecule has 96 valence electrons. The summed E-state index contributed by atoms with van der Waals surface area (Å²) in [7, 11) is 0. The van der Waals surface area contributed by atoms with Crippen LogP contribution in [-0.4, -0.2) is 12.6 Å². The molecule has 0 saturated heterocycles. The SMILES string of the molecule is CCC1CCCC(NCCc2ccc(Cl)s2)C1. The first kappa shape index (κ1) is 13.4. The second-order valence-electron chi connectivity index (χ2n) is 5.05. The summed E-state index contributed by atoms with van der Waals surface area (Å²) in [5.41, 5.74) is 0. The lowest BCUT2D eigenvalue weighted by molar-refractivity contribution is 0.280. The Morgan fingerprint density at radius 3 is 3.00 bits per heavy atom. The van der Waals surface area contributed by atoms with Gasteiger partial charge in [0.25, 0.3) is 0 Å². The maximum atomic E-state index is 5.92. The minimum absolute atomic E-state index is 0.754. The monoisotopic (exact) mass is 271 g/mol. The summed E-state index contributed by atoms with van der Waals surface area (Å²) in [5.74, 6) is 0.956. The molecule has 1 N–H and O–H groups in total. The van der Waals surface area contributed by atoms with E-state index in [9.17, 15) is 0 Å². The fraction of sp³-hybridized carbons (Fsp3) is 0.714. The molecule has 1 nitrogen and oxygen atoms in total. The van der Waals surface area contributed by atoms with E-state index in [-0.39, 0.29) is 0 Å². The van der Waals surface area contributed by atoms with E-state index in [2.05, 4.69) is 18.3 Å². The number of rotatable bonds is 5. The van der Waals surface area contributed by atoms with E-state index in [4.69, 9.17) is 11.6 Å². The van der Waals surface area contributed by atoms with Gasteiger partial charge in [0.15, 0.2) is 0 Å². The average molecular weight is 272 g/mol. The van der Waals surface area contributed by atoms with Crippen LogP contribution < -0.4 is 5.32 Å². The first-order chi connectivity index (χ1) is 8.28. The van der Waals surface area contributed by atoms with Crippen molar-refractivity contribution < 1.29 is 0 Å². The number of halogens is 1. The van der Waals surface area contributed by atoms with Crippen LogP contribution in [0.15, 0.2) is 12.1 Å². The Labute approximate surface area is 114 Å². The molecule has 1 aliphatic carbocycles. The molecule has 1 aromatic rings. The fourth-order valence-corrected chi connectivity index (χ4v) is 3.82. The van der Waals surface area contributed by atoms with Gasteiger partial charge in [0, 0.05) is 17.5 Å². The van der Waals surface area contributed by atoms with Crippen LogP contribution in [0.5, 0.6) is 0 Å². The largest absolute Gasteiger partial charge is 0.314 e. The molecular weight excluding hydrogens is 250 g/mol. The van der Waals surface area contributed by atoms with Crippen molar-refractivity contribution in [1.82, 2.24) is 5.32 Å². The standard InChI is InChI=1S/C14H22ClNS/c1-2-11-4-3-5-12(10-11)16-9-8-13-6-7-14(15)17-13/h6-7,11-12,16H,2-5,8-10H2,1H3. The smallest absolute Gasteiger partial charge is 0.0931 e. The minimum atomic E-state index is 0.754. The Hall–Kier alpha value is -0.0500. The normalized spacial score (nSPS) is 25.1.